The van der Waals surface area contributed by atoms with E-state index in [4.69, 9.17) is 5.73 Å². The maximum Gasteiger partial charge on any atom is 0.315 e. The third kappa shape index (κ3) is 4.98. The summed E-state index contributed by atoms with van der Waals surface area (Å²) in [7, 11) is 0. The molecule has 0 aliphatic carbocycles. The van der Waals surface area contributed by atoms with Crippen LogP contribution in [0.5, 0.6) is 0 Å². The van der Waals surface area contributed by atoms with Crippen molar-refractivity contribution >= 4 is 17.9 Å². The van der Waals surface area contributed by atoms with Gasteiger partial charge in [-0.3, -0.25) is 9.59 Å². The van der Waals surface area contributed by atoms with Crippen LogP contribution in [0, 0.1) is 5.41 Å². The Hall–Kier alpha value is -2.57. The fourth-order valence-corrected chi connectivity index (χ4v) is 2.21. The third-order valence-electron chi connectivity index (χ3n) is 4.06. The molecule has 3 amide bonds. The van der Waals surface area contributed by atoms with E-state index in [0.29, 0.717) is 18.4 Å². The Bertz CT molecular complexity index is 582. The van der Waals surface area contributed by atoms with Crippen molar-refractivity contribution in [3.8, 4) is 0 Å². The molecule has 126 valence electrons. The van der Waals surface area contributed by atoms with Gasteiger partial charge in [0.05, 0.1) is 5.41 Å². The molecule has 7 heteroatoms. The van der Waals surface area contributed by atoms with Crippen LogP contribution in [0.4, 0.5) is 4.79 Å². The number of carbonyl (C=O) groups excluding carboxylic acids is 2. The van der Waals surface area contributed by atoms with Crippen LogP contribution in [-0.4, -0.2) is 29.6 Å². The summed E-state index contributed by atoms with van der Waals surface area (Å²) in [6, 6.07) is 6.17. The van der Waals surface area contributed by atoms with Crippen molar-refractivity contribution in [2.45, 2.75) is 33.2 Å². The van der Waals surface area contributed by atoms with Gasteiger partial charge in [-0.05, 0) is 30.5 Å². The average molecular weight is 321 g/mol. The van der Waals surface area contributed by atoms with E-state index < -0.39 is 23.3 Å². The quantitative estimate of drug-likeness (QED) is 0.579. The number of rotatable bonds is 8. The summed E-state index contributed by atoms with van der Waals surface area (Å²) in [6.45, 7) is 3.84. The minimum Gasteiger partial charge on any atom is -0.481 e. The number of amides is 3. The van der Waals surface area contributed by atoms with E-state index in [1.54, 1.807) is 38.1 Å². The van der Waals surface area contributed by atoms with Crippen molar-refractivity contribution in [1.82, 2.24) is 10.6 Å². The van der Waals surface area contributed by atoms with E-state index in [1.165, 1.54) is 0 Å². The van der Waals surface area contributed by atoms with Gasteiger partial charge in [-0.25, -0.2) is 4.79 Å². The fraction of sp³-hybridized carbons (Fsp3) is 0.438. The smallest absolute Gasteiger partial charge is 0.315 e. The van der Waals surface area contributed by atoms with Crippen molar-refractivity contribution in [3.05, 3.63) is 35.4 Å². The van der Waals surface area contributed by atoms with Crippen molar-refractivity contribution < 1.29 is 19.5 Å². The molecule has 23 heavy (non-hydrogen) atoms. The van der Waals surface area contributed by atoms with Gasteiger partial charge in [0, 0.05) is 18.7 Å². The lowest BCUT2D eigenvalue weighted by molar-refractivity contribution is -0.149. The number of carboxylic acid groups (broad SMARTS) is 1. The van der Waals surface area contributed by atoms with Gasteiger partial charge < -0.3 is 21.5 Å². The Morgan fingerprint density at radius 1 is 1.17 bits per heavy atom. The number of urea groups is 1. The number of carbonyl (C=O) groups is 3. The summed E-state index contributed by atoms with van der Waals surface area (Å²) in [6.07, 6.45) is 0.861. The zero-order valence-electron chi connectivity index (χ0n) is 13.4. The Balaban J connectivity index is 2.56. The van der Waals surface area contributed by atoms with Crippen LogP contribution in [0.2, 0.25) is 0 Å². The molecule has 0 unspecified atom stereocenters. The molecule has 0 bridgehead atoms. The van der Waals surface area contributed by atoms with E-state index in [-0.39, 0.29) is 13.1 Å². The van der Waals surface area contributed by atoms with Crippen LogP contribution in [0.25, 0.3) is 0 Å². The summed E-state index contributed by atoms with van der Waals surface area (Å²) in [5.74, 6) is -1.45. The lowest BCUT2D eigenvalue weighted by Gasteiger charge is -2.26. The number of primary amides is 1. The SMILES string of the molecule is CCC(CC)(CNC(=O)NCc1cccc(C(N)=O)c1)C(=O)O. The molecule has 1 rings (SSSR count). The second kappa shape index (κ2) is 8.17. The van der Waals surface area contributed by atoms with E-state index in [9.17, 15) is 19.5 Å². The lowest BCUT2D eigenvalue weighted by Crippen LogP contribution is -2.45. The largest absolute Gasteiger partial charge is 0.481 e. The van der Waals surface area contributed by atoms with Gasteiger partial charge in [-0.2, -0.15) is 0 Å². The number of hydrogen-bond donors (Lipinski definition) is 4. The molecule has 7 nitrogen and oxygen atoms in total. The number of hydrogen-bond acceptors (Lipinski definition) is 3. The summed E-state index contributed by atoms with van der Waals surface area (Å²) in [5, 5.41) is 14.5. The van der Waals surface area contributed by atoms with Crippen LogP contribution in [-0.2, 0) is 11.3 Å². The molecule has 0 aliphatic heterocycles. The topological polar surface area (TPSA) is 122 Å². The summed E-state index contributed by atoms with van der Waals surface area (Å²) in [5.41, 5.74) is 5.34. The van der Waals surface area contributed by atoms with E-state index in [1.807, 2.05) is 0 Å². The lowest BCUT2D eigenvalue weighted by atomic mass is 9.82. The molecule has 0 aromatic heterocycles. The highest BCUT2D eigenvalue weighted by Crippen LogP contribution is 2.25. The molecule has 1 aromatic carbocycles. The predicted molar refractivity (Wildman–Crippen MR) is 85.8 cm³/mol. The third-order valence-corrected chi connectivity index (χ3v) is 4.06. The summed E-state index contributed by atoms with van der Waals surface area (Å²) < 4.78 is 0. The molecule has 0 fully saturated rings. The zero-order valence-corrected chi connectivity index (χ0v) is 13.4. The van der Waals surface area contributed by atoms with E-state index in [0.717, 1.165) is 5.56 Å². The van der Waals surface area contributed by atoms with Crippen LogP contribution in [0.3, 0.4) is 0 Å². The van der Waals surface area contributed by atoms with Gasteiger partial charge in [0.25, 0.3) is 0 Å². The number of carboxylic acids is 1. The minimum absolute atomic E-state index is 0.0580. The van der Waals surface area contributed by atoms with Crippen LogP contribution in [0.15, 0.2) is 24.3 Å². The molecule has 5 N–H and O–H groups in total. The second-order valence-corrected chi connectivity index (χ2v) is 5.39. The maximum absolute atomic E-state index is 11.8. The molecule has 0 saturated carbocycles. The Kier molecular flexibility index (Phi) is 6.56. The Labute approximate surface area is 135 Å². The maximum atomic E-state index is 11.8. The molecule has 0 spiro atoms. The second-order valence-electron chi connectivity index (χ2n) is 5.39. The van der Waals surface area contributed by atoms with Crippen molar-refractivity contribution in [3.63, 3.8) is 0 Å². The molecular weight excluding hydrogens is 298 g/mol. The molecule has 0 saturated heterocycles. The first kappa shape index (κ1) is 18.5. The Morgan fingerprint density at radius 2 is 1.83 bits per heavy atom. The first-order chi connectivity index (χ1) is 10.8. The number of nitrogens with two attached hydrogens (primary N) is 1. The average Bonchev–Trinajstić information content (AvgIpc) is 2.54. The van der Waals surface area contributed by atoms with Gasteiger partial charge in [-0.1, -0.05) is 26.0 Å². The summed E-state index contributed by atoms with van der Waals surface area (Å²) >= 11 is 0. The van der Waals surface area contributed by atoms with Crippen LogP contribution < -0.4 is 16.4 Å². The van der Waals surface area contributed by atoms with E-state index >= 15 is 0 Å². The molecule has 1 aromatic rings. The van der Waals surface area contributed by atoms with Crippen molar-refractivity contribution in [2.75, 3.05) is 6.54 Å². The molecular formula is C16H23N3O4. The monoisotopic (exact) mass is 321 g/mol. The van der Waals surface area contributed by atoms with Gasteiger partial charge in [0.15, 0.2) is 0 Å². The van der Waals surface area contributed by atoms with Crippen LogP contribution in [0.1, 0.15) is 42.6 Å². The normalized spacial score (nSPS) is 10.9. The standard InChI is InChI=1S/C16H23N3O4/c1-3-16(4-2,14(21)22)10-19-15(23)18-9-11-6-5-7-12(8-11)13(17)20/h5-8H,3-4,9-10H2,1-2H3,(H2,17,20)(H,21,22)(H2,18,19,23). The first-order valence-electron chi connectivity index (χ1n) is 7.48. The van der Waals surface area contributed by atoms with Crippen LogP contribution >= 0.6 is 0 Å². The molecule has 0 heterocycles. The first-order valence-corrected chi connectivity index (χ1v) is 7.48. The van der Waals surface area contributed by atoms with Gasteiger partial charge >= 0.3 is 12.0 Å². The van der Waals surface area contributed by atoms with Gasteiger partial charge in [-0.15, -0.1) is 0 Å². The molecule has 0 radical (unpaired) electrons. The number of nitrogens with one attached hydrogen (secondary N) is 2. The Morgan fingerprint density at radius 3 is 2.35 bits per heavy atom. The summed E-state index contributed by atoms with van der Waals surface area (Å²) in [4.78, 5) is 34.3. The zero-order chi connectivity index (χ0) is 17.5. The van der Waals surface area contributed by atoms with Crippen molar-refractivity contribution in [2.24, 2.45) is 11.1 Å². The highest BCUT2D eigenvalue weighted by molar-refractivity contribution is 5.92. The minimum atomic E-state index is -0.955. The number of benzene rings is 1. The molecule has 0 atom stereocenters. The van der Waals surface area contributed by atoms with E-state index in [2.05, 4.69) is 10.6 Å². The predicted octanol–water partition coefficient (Wildman–Crippen LogP) is 1.48. The molecule has 0 aliphatic rings. The highest BCUT2D eigenvalue weighted by Gasteiger charge is 2.35. The van der Waals surface area contributed by atoms with Crippen molar-refractivity contribution in [1.29, 1.82) is 0 Å². The fourth-order valence-electron chi connectivity index (χ4n) is 2.21. The van der Waals surface area contributed by atoms with Gasteiger partial charge in [0.1, 0.15) is 0 Å². The highest BCUT2D eigenvalue weighted by atomic mass is 16.4. The van der Waals surface area contributed by atoms with Gasteiger partial charge in [0.2, 0.25) is 5.91 Å². The number of aliphatic carboxylic acids is 1.